The summed E-state index contributed by atoms with van der Waals surface area (Å²) in [5.74, 6) is 1.26. The largest absolute Gasteiger partial charge is 0.493 e. The van der Waals surface area contributed by atoms with Crippen molar-refractivity contribution in [2.45, 2.75) is 12.5 Å². The second-order valence-electron chi connectivity index (χ2n) is 4.35. The zero-order valence-corrected chi connectivity index (χ0v) is 12.6. The van der Waals surface area contributed by atoms with Crippen LogP contribution in [0.3, 0.4) is 0 Å². The SMILES string of the molecule is COc1ccc(C(=O)NC(C)(CCl)CCl)cc1OC. The number of carbonyl (C=O) groups excluding carboxylic acids is 1. The minimum atomic E-state index is -0.645. The van der Waals surface area contributed by atoms with Gasteiger partial charge in [-0.25, -0.2) is 0 Å². The van der Waals surface area contributed by atoms with Crippen LogP contribution >= 0.6 is 23.2 Å². The van der Waals surface area contributed by atoms with E-state index >= 15 is 0 Å². The van der Waals surface area contributed by atoms with Crippen molar-refractivity contribution in [3.05, 3.63) is 23.8 Å². The first-order chi connectivity index (χ1) is 8.99. The Morgan fingerprint density at radius 3 is 2.26 bits per heavy atom. The van der Waals surface area contributed by atoms with Crippen LogP contribution in [0.4, 0.5) is 0 Å². The van der Waals surface area contributed by atoms with Gasteiger partial charge >= 0.3 is 0 Å². The summed E-state index contributed by atoms with van der Waals surface area (Å²) in [4.78, 5) is 12.1. The van der Waals surface area contributed by atoms with Crippen molar-refractivity contribution in [1.29, 1.82) is 0 Å². The number of hydrogen-bond donors (Lipinski definition) is 1. The van der Waals surface area contributed by atoms with E-state index in [4.69, 9.17) is 32.7 Å². The molecule has 1 aromatic rings. The minimum Gasteiger partial charge on any atom is -0.493 e. The van der Waals surface area contributed by atoms with Gasteiger partial charge in [0.1, 0.15) is 0 Å². The third-order valence-corrected chi connectivity index (χ3v) is 3.83. The number of methoxy groups -OCH3 is 2. The second kappa shape index (κ2) is 6.87. The maximum atomic E-state index is 12.1. The molecule has 0 aliphatic heterocycles. The van der Waals surface area contributed by atoms with Crippen molar-refractivity contribution in [1.82, 2.24) is 5.32 Å². The molecular weight excluding hydrogens is 289 g/mol. The number of ether oxygens (including phenoxy) is 2. The molecular formula is C13H17Cl2NO3. The van der Waals surface area contributed by atoms with Gasteiger partial charge in [-0.2, -0.15) is 0 Å². The average molecular weight is 306 g/mol. The van der Waals surface area contributed by atoms with E-state index in [2.05, 4.69) is 5.32 Å². The van der Waals surface area contributed by atoms with Crippen molar-refractivity contribution in [2.75, 3.05) is 26.0 Å². The Hall–Kier alpha value is -1.13. The highest BCUT2D eigenvalue weighted by Crippen LogP contribution is 2.27. The number of nitrogens with one attached hydrogen (secondary N) is 1. The van der Waals surface area contributed by atoms with Gasteiger partial charge in [-0.3, -0.25) is 4.79 Å². The van der Waals surface area contributed by atoms with E-state index in [0.717, 1.165) is 0 Å². The molecule has 0 radical (unpaired) electrons. The molecule has 0 saturated heterocycles. The van der Waals surface area contributed by atoms with E-state index in [0.29, 0.717) is 17.1 Å². The smallest absolute Gasteiger partial charge is 0.251 e. The number of rotatable bonds is 6. The Morgan fingerprint density at radius 1 is 1.21 bits per heavy atom. The summed E-state index contributed by atoms with van der Waals surface area (Å²) in [5.41, 5.74) is -0.188. The van der Waals surface area contributed by atoms with Gasteiger partial charge in [0.15, 0.2) is 11.5 Å². The van der Waals surface area contributed by atoms with Gasteiger partial charge in [0, 0.05) is 17.3 Å². The fraction of sp³-hybridized carbons (Fsp3) is 0.462. The molecule has 0 aliphatic carbocycles. The molecule has 0 fully saturated rings. The van der Waals surface area contributed by atoms with Crippen LogP contribution < -0.4 is 14.8 Å². The van der Waals surface area contributed by atoms with E-state index in [-0.39, 0.29) is 17.7 Å². The first kappa shape index (κ1) is 15.9. The highest BCUT2D eigenvalue weighted by atomic mass is 35.5. The molecule has 0 aliphatic rings. The van der Waals surface area contributed by atoms with E-state index in [9.17, 15) is 4.79 Å². The van der Waals surface area contributed by atoms with Gasteiger partial charge in [0.25, 0.3) is 5.91 Å². The maximum Gasteiger partial charge on any atom is 0.251 e. The molecule has 0 heterocycles. The minimum absolute atomic E-state index is 0.232. The highest BCUT2D eigenvalue weighted by Gasteiger charge is 2.25. The third kappa shape index (κ3) is 3.91. The summed E-state index contributed by atoms with van der Waals surface area (Å²) >= 11 is 11.6. The molecule has 0 atom stereocenters. The normalized spacial score (nSPS) is 11.0. The summed E-state index contributed by atoms with van der Waals surface area (Å²) < 4.78 is 10.3. The first-order valence-corrected chi connectivity index (χ1v) is 6.73. The van der Waals surface area contributed by atoms with E-state index in [1.165, 1.54) is 14.2 Å². The first-order valence-electron chi connectivity index (χ1n) is 5.66. The van der Waals surface area contributed by atoms with Crippen LogP contribution in [0, 0.1) is 0 Å². The topological polar surface area (TPSA) is 47.6 Å². The molecule has 0 bridgehead atoms. The monoisotopic (exact) mass is 305 g/mol. The zero-order valence-electron chi connectivity index (χ0n) is 11.1. The number of carbonyl (C=O) groups is 1. The van der Waals surface area contributed by atoms with E-state index in [1.54, 1.807) is 25.1 Å². The van der Waals surface area contributed by atoms with E-state index < -0.39 is 5.54 Å². The molecule has 0 spiro atoms. The summed E-state index contributed by atoms with van der Waals surface area (Å²) in [6, 6.07) is 4.93. The lowest BCUT2D eigenvalue weighted by atomic mass is 10.1. The molecule has 19 heavy (non-hydrogen) atoms. The molecule has 0 aromatic heterocycles. The summed E-state index contributed by atoms with van der Waals surface area (Å²) in [6.07, 6.45) is 0. The van der Waals surface area contributed by atoms with Crippen LogP contribution in [0.5, 0.6) is 11.5 Å². The van der Waals surface area contributed by atoms with Crippen LogP contribution in [0.25, 0.3) is 0 Å². The predicted molar refractivity (Wildman–Crippen MR) is 76.9 cm³/mol. The molecule has 106 valence electrons. The van der Waals surface area contributed by atoms with Gasteiger partial charge in [0.2, 0.25) is 0 Å². The van der Waals surface area contributed by atoms with Gasteiger partial charge in [-0.05, 0) is 25.1 Å². The van der Waals surface area contributed by atoms with Crippen molar-refractivity contribution in [3.63, 3.8) is 0 Å². The summed E-state index contributed by atoms with van der Waals surface area (Å²) in [6.45, 7) is 1.78. The molecule has 0 unspecified atom stereocenters. The molecule has 1 rings (SSSR count). The fourth-order valence-corrected chi connectivity index (χ4v) is 1.85. The lowest BCUT2D eigenvalue weighted by Gasteiger charge is -2.26. The van der Waals surface area contributed by atoms with Crippen LogP contribution in [-0.4, -0.2) is 37.4 Å². The Morgan fingerprint density at radius 2 is 1.79 bits per heavy atom. The van der Waals surface area contributed by atoms with Crippen LogP contribution in [0.1, 0.15) is 17.3 Å². The molecule has 6 heteroatoms. The molecule has 0 saturated carbocycles. The third-order valence-electron chi connectivity index (χ3n) is 2.65. The number of benzene rings is 1. The summed E-state index contributed by atoms with van der Waals surface area (Å²) in [5, 5.41) is 2.80. The molecule has 1 aromatic carbocycles. The summed E-state index contributed by atoms with van der Waals surface area (Å²) in [7, 11) is 3.05. The predicted octanol–water partition coefficient (Wildman–Crippen LogP) is 2.67. The van der Waals surface area contributed by atoms with Gasteiger partial charge in [-0.1, -0.05) is 0 Å². The van der Waals surface area contributed by atoms with Gasteiger partial charge in [-0.15, -0.1) is 23.2 Å². The fourth-order valence-electron chi connectivity index (χ4n) is 1.43. The van der Waals surface area contributed by atoms with Crippen LogP contribution in [0.2, 0.25) is 0 Å². The Labute approximate surface area is 123 Å². The van der Waals surface area contributed by atoms with Gasteiger partial charge in [0.05, 0.1) is 19.8 Å². The lowest BCUT2D eigenvalue weighted by molar-refractivity contribution is 0.0921. The average Bonchev–Trinajstić information content (AvgIpc) is 2.46. The number of amides is 1. The van der Waals surface area contributed by atoms with E-state index in [1.807, 2.05) is 0 Å². The van der Waals surface area contributed by atoms with Crippen molar-refractivity contribution in [2.24, 2.45) is 0 Å². The molecule has 4 nitrogen and oxygen atoms in total. The highest BCUT2D eigenvalue weighted by molar-refractivity contribution is 6.22. The Balaban J connectivity index is 2.94. The zero-order chi connectivity index (χ0) is 14.5. The standard InChI is InChI=1S/C13H17Cl2NO3/c1-13(7-14,8-15)16-12(17)9-4-5-10(18-2)11(6-9)19-3/h4-6H,7-8H2,1-3H3,(H,16,17). The van der Waals surface area contributed by atoms with Crippen molar-refractivity contribution >= 4 is 29.1 Å². The molecule has 1 N–H and O–H groups in total. The quantitative estimate of drug-likeness (QED) is 0.822. The van der Waals surface area contributed by atoms with Crippen molar-refractivity contribution in [3.8, 4) is 11.5 Å². The van der Waals surface area contributed by atoms with Gasteiger partial charge < -0.3 is 14.8 Å². The Bertz CT molecular complexity index is 448. The molecule has 1 amide bonds. The maximum absolute atomic E-state index is 12.1. The van der Waals surface area contributed by atoms with Crippen LogP contribution in [0.15, 0.2) is 18.2 Å². The lowest BCUT2D eigenvalue weighted by Crippen LogP contribution is -2.49. The van der Waals surface area contributed by atoms with Crippen LogP contribution in [-0.2, 0) is 0 Å². The van der Waals surface area contributed by atoms with Crippen molar-refractivity contribution < 1.29 is 14.3 Å². The second-order valence-corrected chi connectivity index (χ2v) is 4.89. The number of halogens is 2. The number of hydrogen-bond acceptors (Lipinski definition) is 3. The number of alkyl halides is 2. The Kier molecular flexibility index (Phi) is 5.76.